The van der Waals surface area contributed by atoms with Gasteiger partial charge in [-0.25, -0.2) is 4.98 Å². The smallest absolute Gasteiger partial charge is 0.216 e. The molecule has 0 aromatic carbocycles. The molecule has 0 unspecified atom stereocenters. The van der Waals surface area contributed by atoms with Crippen molar-refractivity contribution >= 4 is 0 Å². The van der Waals surface area contributed by atoms with Crippen LogP contribution in [0.3, 0.4) is 0 Å². The van der Waals surface area contributed by atoms with Gasteiger partial charge in [-0.3, -0.25) is 0 Å². The van der Waals surface area contributed by atoms with Crippen LogP contribution in [0.4, 0.5) is 4.39 Å². The van der Waals surface area contributed by atoms with E-state index in [9.17, 15) is 4.39 Å². The molecule has 0 spiro atoms. The number of halogens is 1. The summed E-state index contributed by atoms with van der Waals surface area (Å²) in [4.78, 5) is 3.58. The Labute approximate surface area is 94.6 Å². The normalized spacial score (nSPS) is 16.0. The molecule has 3 nitrogen and oxygen atoms in total. The van der Waals surface area contributed by atoms with E-state index in [2.05, 4.69) is 4.98 Å². The highest BCUT2D eigenvalue weighted by molar-refractivity contribution is 5.37. The molecule has 0 radical (unpaired) electrons. The average molecular weight is 225 g/mol. The molecule has 0 saturated heterocycles. The Morgan fingerprint density at radius 1 is 1.31 bits per heavy atom. The number of nitrogens with zero attached hydrogens (tertiary/aromatic N) is 1. The standard InChI is InChI=1S/C12H16FNO2/c1-12(2,3)16-10-7-14-11(13)6-9(10)15-8-4-5-8/h6-8H,4-5H2,1-3H3. The predicted molar refractivity (Wildman–Crippen MR) is 58.2 cm³/mol. The second-order valence-corrected chi connectivity index (χ2v) is 4.99. The van der Waals surface area contributed by atoms with Gasteiger partial charge in [0.1, 0.15) is 5.60 Å². The summed E-state index contributed by atoms with van der Waals surface area (Å²) in [6.45, 7) is 5.78. The lowest BCUT2D eigenvalue weighted by atomic mass is 10.2. The SMILES string of the molecule is CC(C)(C)Oc1cnc(F)cc1OC1CC1. The van der Waals surface area contributed by atoms with Crippen molar-refractivity contribution in [2.75, 3.05) is 0 Å². The molecule has 1 fully saturated rings. The first-order chi connectivity index (χ1) is 7.44. The maximum Gasteiger partial charge on any atom is 0.216 e. The molecule has 1 aromatic rings. The second-order valence-electron chi connectivity index (χ2n) is 4.99. The molecule has 1 heterocycles. The van der Waals surface area contributed by atoms with Crippen molar-refractivity contribution in [1.82, 2.24) is 4.98 Å². The number of aromatic nitrogens is 1. The van der Waals surface area contributed by atoms with Gasteiger partial charge in [0.05, 0.1) is 12.3 Å². The number of hydrogen-bond donors (Lipinski definition) is 0. The fraction of sp³-hybridized carbons (Fsp3) is 0.583. The van der Waals surface area contributed by atoms with Crippen molar-refractivity contribution in [2.24, 2.45) is 0 Å². The molecule has 0 amide bonds. The Morgan fingerprint density at radius 3 is 2.56 bits per heavy atom. The highest BCUT2D eigenvalue weighted by Gasteiger charge is 2.26. The molecule has 0 aliphatic heterocycles. The molecule has 0 bridgehead atoms. The first-order valence-electron chi connectivity index (χ1n) is 5.45. The van der Waals surface area contributed by atoms with E-state index < -0.39 is 5.95 Å². The van der Waals surface area contributed by atoms with Crippen LogP contribution in [0.2, 0.25) is 0 Å². The molecule has 1 aliphatic carbocycles. The first kappa shape index (κ1) is 11.2. The zero-order chi connectivity index (χ0) is 11.8. The van der Waals surface area contributed by atoms with Crippen LogP contribution in [-0.2, 0) is 0 Å². The van der Waals surface area contributed by atoms with Crippen LogP contribution in [-0.4, -0.2) is 16.7 Å². The van der Waals surface area contributed by atoms with E-state index in [0.717, 1.165) is 12.8 Å². The Morgan fingerprint density at radius 2 is 2.00 bits per heavy atom. The van der Waals surface area contributed by atoms with Crippen LogP contribution in [0, 0.1) is 5.95 Å². The minimum Gasteiger partial charge on any atom is -0.486 e. The van der Waals surface area contributed by atoms with E-state index in [1.165, 1.54) is 12.3 Å². The summed E-state index contributed by atoms with van der Waals surface area (Å²) in [5.41, 5.74) is -0.346. The van der Waals surface area contributed by atoms with E-state index in [1.54, 1.807) is 0 Å². The lowest BCUT2D eigenvalue weighted by Gasteiger charge is -2.22. The fourth-order valence-electron chi connectivity index (χ4n) is 1.26. The van der Waals surface area contributed by atoms with Gasteiger partial charge in [-0.1, -0.05) is 0 Å². The third-order valence-electron chi connectivity index (χ3n) is 2.03. The third-order valence-corrected chi connectivity index (χ3v) is 2.03. The Balaban J connectivity index is 2.20. The van der Waals surface area contributed by atoms with Gasteiger partial charge in [0.15, 0.2) is 11.5 Å². The summed E-state index contributed by atoms with van der Waals surface area (Å²) in [6, 6.07) is 1.28. The van der Waals surface area contributed by atoms with Crippen LogP contribution in [0.25, 0.3) is 0 Å². The van der Waals surface area contributed by atoms with Gasteiger partial charge in [0.25, 0.3) is 0 Å². The van der Waals surface area contributed by atoms with Crippen molar-refractivity contribution in [1.29, 1.82) is 0 Å². The minimum atomic E-state index is -0.545. The summed E-state index contributed by atoms with van der Waals surface area (Å²) in [6.07, 6.45) is 3.64. The first-order valence-corrected chi connectivity index (χ1v) is 5.45. The number of hydrogen-bond acceptors (Lipinski definition) is 3. The Kier molecular flexibility index (Phi) is 2.74. The monoisotopic (exact) mass is 225 g/mol. The summed E-state index contributed by atoms with van der Waals surface area (Å²) in [7, 11) is 0. The molecule has 0 atom stereocenters. The largest absolute Gasteiger partial charge is 0.486 e. The summed E-state index contributed by atoms with van der Waals surface area (Å²) in [5.74, 6) is 0.405. The Bertz CT molecular complexity index is 383. The molecule has 1 aliphatic rings. The van der Waals surface area contributed by atoms with Crippen molar-refractivity contribution in [2.45, 2.75) is 45.3 Å². The molecule has 2 rings (SSSR count). The average Bonchev–Trinajstić information content (AvgIpc) is 2.91. The molecule has 88 valence electrons. The molecular formula is C12H16FNO2. The number of pyridine rings is 1. The predicted octanol–water partition coefficient (Wildman–Crippen LogP) is 2.94. The van der Waals surface area contributed by atoms with Gasteiger partial charge in [-0.15, -0.1) is 0 Å². The third kappa shape index (κ3) is 3.08. The molecular weight excluding hydrogens is 209 g/mol. The van der Waals surface area contributed by atoms with Crippen LogP contribution in [0.15, 0.2) is 12.3 Å². The summed E-state index contributed by atoms with van der Waals surface area (Å²) < 4.78 is 24.2. The molecule has 1 aromatic heterocycles. The van der Waals surface area contributed by atoms with E-state index >= 15 is 0 Å². The summed E-state index contributed by atoms with van der Waals surface area (Å²) in [5, 5.41) is 0. The summed E-state index contributed by atoms with van der Waals surface area (Å²) >= 11 is 0. The van der Waals surface area contributed by atoms with Crippen molar-refractivity contribution < 1.29 is 13.9 Å². The van der Waals surface area contributed by atoms with Gasteiger partial charge >= 0.3 is 0 Å². The van der Waals surface area contributed by atoms with Crippen molar-refractivity contribution in [3.8, 4) is 11.5 Å². The highest BCUT2D eigenvalue weighted by atomic mass is 19.1. The second kappa shape index (κ2) is 3.92. The van der Waals surface area contributed by atoms with Crippen molar-refractivity contribution in [3.63, 3.8) is 0 Å². The van der Waals surface area contributed by atoms with Gasteiger partial charge in [-0.2, -0.15) is 4.39 Å². The van der Waals surface area contributed by atoms with Gasteiger partial charge in [0.2, 0.25) is 5.95 Å². The van der Waals surface area contributed by atoms with Crippen LogP contribution < -0.4 is 9.47 Å². The van der Waals surface area contributed by atoms with E-state index in [4.69, 9.17) is 9.47 Å². The topological polar surface area (TPSA) is 31.4 Å². The fourth-order valence-corrected chi connectivity index (χ4v) is 1.26. The van der Waals surface area contributed by atoms with Gasteiger partial charge < -0.3 is 9.47 Å². The van der Waals surface area contributed by atoms with Crippen LogP contribution in [0.5, 0.6) is 11.5 Å². The van der Waals surface area contributed by atoms with Crippen LogP contribution >= 0.6 is 0 Å². The lowest BCUT2D eigenvalue weighted by molar-refractivity contribution is 0.121. The minimum absolute atomic E-state index is 0.212. The highest BCUT2D eigenvalue weighted by Crippen LogP contribution is 2.34. The lowest BCUT2D eigenvalue weighted by Crippen LogP contribution is -2.23. The zero-order valence-electron chi connectivity index (χ0n) is 9.79. The van der Waals surface area contributed by atoms with Gasteiger partial charge in [-0.05, 0) is 33.6 Å². The van der Waals surface area contributed by atoms with E-state index in [0.29, 0.717) is 11.5 Å². The van der Waals surface area contributed by atoms with E-state index in [-0.39, 0.29) is 11.7 Å². The quantitative estimate of drug-likeness (QED) is 0.741. The maximum atomic E-state index is 13.0. The maximum absolute atomic E-state index is 13.0. The number of ether oxygens (including phenoxy) is 2. The van der Waals surface area contributed by atoms with Gasteiger partial charge in [0, 0.05) is 6.07 Å². The molecule has 1 saturated carbocycles. The molecule has 4 heteroatoms. The number of rotatable bonds is 3. The Hall–Kier alpha value is -1.32. The molecule has 16 heavy (non-hydrogen) atoms. The van der Waals surface area contributed by atoms with Crippen LogP contribution in [0.1, 0.15) is 33.6 Å². The van der Waals surface area contributed by atoms with Crippen molar-refractivity contribution in [3.05, 3.63) is 18.2 Å². The zero-order valence-corrected chi connectivity index (χ0v) is 9.79. The van der Waals surface area contributed by atoms with E-state index in [1.807, 2.05) is 20.8 Å². The molecule has 0 N–H and O–H groups in total.